The fraction of sp³-hybridized carbons (Fsp3) is 0.909. The van der Waals surface area contributed by atoms with Gasteiger partial charge in [-0.3, -0.25) is 10.1 Å². The number of ether oxygens (including phenoxy) is 2. The number of alkyl halides is 5. The molecule has 6 unspecified atom stereocenters. The van der Waals surface area contributed by atoms with Gasteiger partial charge in [0.2, 0.25) is 0 Å². The van der Waals surface area contributed by atoms with E-state index in [1.807, 2.05) is 0 Å². The standard InChI is InChI=1S/C13H19FO6S.C9H12F4O6S/c1-12(14,21-20-19-17)11(16)18-13-4-7-2-8(5-13)10(15)9(3-7)6-13;10-8(9(11,12)13,20-19-18-16)7(15)17-6-4-2-1-3-5(6)14/h7-10,15,17H,2-6H2,1H3;5-6,14,16H,1-4H2/p-2. The summed E-state index contributed by atoms with van der Waals surface area (Å²) in [6.45, 7) is 0.967. The molecule has 5 aliphatic rings. The zero-order valence-corrected chi connectivity index (χ0v) is 23.1. The number of halogens is 5. The summed E-state index contributed by atoms with van der Waals surface area (Å²) in [5.74, 6) is -2.69. The van der Waals surface area contributed by atoms with E-state index in [2.05, 4.69) is 23.5 Å². The van der Waals surface area contributed by atoms with Gasteiger partial charge in [0.15, 0.2) is 0 Å². The molecular formula is C22H29F5O12S2-2. The number of aliphatic hydroxyl groups is 2. The van der Waals surface area contributed by atoms with Gasteiger partial charge in [0.25, 0.3) is 5.00 Å². The van der Waals surface area contributed by atoms with E-state index in [1.54, 1.807) is 0 Å². The summed E-state index contributed by atoms with van der Waals surface area (Å²) in [4.78, 5) is 23.4. The first-order chi connectivity index (χ1) is 19.1. The van der Waals surface area contributed by atoms with E-state index in [0.717, 1.165) is 26.2 Å². The largest absolute Gasteiger partial charge is 0.691 e. The van der Waals surface area contributed by atoms with Crippen LogP contribution in [0.5, 0.6) is 0 Å². The number of aliphatic hydroxyl groups excluding tert-OH is 2. The van der Waals surface area contributed by atoms with Crippen molar-refractivity contribution in [3.05, 3.63) is 0 Å². The SMILES string of the molecule is CC(F)(SOO[O-])C(=O)OC12CC3CC(C1)C(O)C(C3)C2.O=C(OC1CCCCC1O)C(F)(SOO[O-])C(F)(F)F. The Morgan fingerprint density at radius 3 is 1.98 bits per heavy atom. The van der Waals surface area contributed by atoms with Crippen LogP contribution in [0.2, 0.25) is 0 Å². The van der Waals surface area contributed by atoms with Gasteiger partial charge in [0.05, 0.1) is 36.3 Å². The topological polar surface area (TPSA) is 176 Å². The van der Waals surface area contributed by atoms with Gasteiger partial charge in [-0.05, 0) is 76.0 Å². The van der Waals surface area contributed by atoms with E-state index in [0.29, 0.717) is 31.6 Å². The average Bonchev–Trinajstić information content (AvgIpc) is 2.89. The van der Waals surface area contributed by atoms with Crippen LogP contribution in [0, 0.1) is 17.8 Å². The molecule has 5 fully saturated rings. The summed E-state index contributed by atoms with van der Waals surface area (Å²) in [6, 6.07) is 0. The maximum absolute atomic E-state index is 14.1. The zero-order valence-electron chi connectivity index (χ0n) is 21.5. The lowest BCUT2D eigenvalue weighted by Crippen LogP contribution is -2.59. The summed E-state index contributed by atoms with van der Waals surface area (Å²) in [7, 11) is 0. The van der Waals surface area contributed by atoms with Gasteiger partial charge in [0, 0.05) is 0 Å². The van der Waals surface area contributed by atoms with Crippen LogP contribution in [0.25, 0.3) is 0 Å². The summed E-state index contributed by atoms with van der Waals surface area (Å²) < 4.78 is 82.4. The Kier molecular flexibility index (Phi) is 11.5. The molecule has 41 heavy (non-hydrogen) atoms. The number of carbonyl (C=O) groups is 2. The fourth-order valence-electron chi connectivity index (χ4n) is 6.13. The van der Waals surface area contributed by atoms with Crippen LogP contribution in [0.1, 0.15) is 64.7 Å². The number of hydrogen-bond acceptors (Lipinski definition) is 14. The van der Waals surface area contributed by atoms with Crippen molar-refractivity contribution in [2.24, 2.45) is 17.8 Å². The Labute approximate surface area is 239 Å². The van der Waals surface area contributed by atoms with E-state index in [1.165, 1.54) is 0 Å². The molecule has 5 aliphatic carbocycles. The van der Waals surface area contributed by atoms with E-state index < -0.39 is 58.0 Å². The lowest BCUT2D eigenvalue weighted by molar-refractivity contribution is -0.777. The fourth-order valence-corrected chi connectivity index (χ4v) is 6.73. The molecule has 5 saturated carbocycles. The van der Waals surface area contributed by atoms with Crippen LogP contribution in [0.3, 0.4) is 0 Å². The maximum Gasteiger partial charge on any atom is 0.446 e. The van der Waals surface area contributed by atoms with Crippen LogP contribution in [-0.4, -0.2) is 62.2 Å². The molecular weight excluding hydrogens is 615 g/mol. The predicted octanol–water partition coefficient (Wildman–Crippen LogP) is 1.96. The third kappa shape index (κ3) is 8.12. The second kappa shape index (κ2) is 13.7. The van der Waals surface area contributed by atoms with Crippen LogP contribution >= 0.6 is 24.1 Å². The molecule has 0 aromatic rings. The molecule has 0 aromatic carbocycles. The molecule has 2 N–H and O–H groups in total. The highest BCUT2D eigenvalue weighted by Crippen LogP contribution is 2.57. The molecule has 0 amide bonds. The minimum Gasteiger partial charge on any atom is -0.691 e. The van der Waals surface area contributed by atoms with E-state index in [9.17, 15) is 52.3 Å². The lowest BCUT2D eigenvalue weighted by Gasteiger charge is -2.57. The van der Waals surface area contributed by atoms with Gasteiger partial charge >= 0.3 is 23.1 Å². The van der Waals surface area contributed by atoms with Crippen molar-refractivity contribution in [1.82, 2.24) is 0 Å². The van der Waals surface area contributed by atoms with E-state index in [-0.39, 0.29) is 42.8 Å². The highest BCUT2D eigenvalue weighted by Gasteiger charge is 2.66. The summed E-state index contributed by atoms with van der Waals surface area (Å²) in [5.41, 5.74) is -0.682. The number of rotatable bonds is 10. The number of carbonyl (C=O) groups excluding carboxylic acids is 2. The van der Waals surface area contributed by atoms with Crippen LogP contribution in [0.4, 0.5) is 22.0 Å². The van der Waals surface area contributed by atoms with Gasteiger partial charge in [0.1, 0.15) is 11.7 Å². The number of esters is 2. The first-order valence-corrected chi connectivity index (χ1v) is 14.1. The minimum absolute atomic E-state index is 0.00936. The molecule has 6 atom stereocenters. The van der Waals surface area contributed by atoms with Crippen molar-refractivity contribution >= 4 is 36.0 Å². The smallest absolute Gasteiger partial charge is 0.446 e. The van der Waals surface area contributed by atoms with Gasteiger partial charge in [-0.1, -0.05) is 6.42 Å². The first-order valence-electron chi connectivity index (χ1n) is 12.6. The summed E-state index contributed by atoms with van der Waals surface area (Å²) in [6.07, 6.45) is -3.15. The van der Waals surface area contributed by atoms with Crippen molar-refractivity contribution in [1.29, 1.82) is 0 Å². The van der Waals surface area contributed by atoms with E-state index >= 15 is 0 Å². The molecule has 0 aliphatic heterocycles. The molecule has 0 spiro atoms. The van der Waals surface area contributed by atoms with Gasteiger partial charge in [-0.2, -0.15) is 21.8 Å². The predicted molar refractivity (Wildman–Crippen MR) is 122 cm³/mol. The van der Waals surface area contributed by atoms with Crippen molar-refractivity contribution < 1.29 is 80.5 Å². The molecule has 238 valence electrons. The summed E-state index contributed by atoms with van der Waals surface area (Å²) in [5, 5.41) is 37.4. The molecule has 19 heteroatoms. The van der Waals surface area contributed by atoms with Crippen LogP contribution in [-0.2, 0) is 37.8 Å². The second-order valence-corrected chi connectivity index (χ2v) is 12.7. The van der Waals surface area contributed by atoms with E-state index in [4.69, 9.17) is 4.74 Å². The van der Waals surface area contributed by atoms with Crippen LogP contribution < -0.4 is 10.5 Å². The molecule has 5 rings (SSSR count). The van der Waals surface area contributed by atoms with Crippen LogP contribution in [0.15, 0.2) is 0 Å². The monoisotopic (exact) mass is 644 g/mol. The Morgan fingerprint density at radius 2 is 1.44 bits per heavy atom. The minimum atomic E-state index is -5.69. The molecule has 12 nitrogen and oxygen atoms in total. The third-order valence-corrected chi connectivity index (χ3v) is 9.14. The van der Waals surface area contributed by atoms with Crippen molar-refractivity contribution in [2.75, 3.05) is 0 Å². The number of hydrogen-bond donors (Lipinski definition) is 2. The Hall–Kier alpha value is -1.03. The Bertz CT molecular complexity index is 899. The zero-order chi connectivity index (χ0) is 30.6. The third-order valence-electron chi connectivity index (χ3n) is 7.79. The quantitative estimate of drug-likeness (QED) is 0.116. The normalized spacial score (nSPS) is 35.5. The van der Waals surface area contributed by atoms with Gasteiger partial charge in [-0.25, -0.2) is 18.4 Å². The summed E-state index contributed by atoms with van der Waals surface area (Å²) >= 11 is -1.16. The Morgan fingerprint density at radius 1 is 0.878 bits per heavy atom. The van der Waals surface area contributed by atoms with Gasteiger partial charge < -0.3 is 30.2 Å². The molecule has 0 radical (unpaired) electrons. The first kappa shape index (κ1) is 34.5. The van der Waals surface area contributed by atoms with Gasteiger partial charge in [-0.15, -0.1) is 0 Å². The highest BCUT2D eigenvalue weighted by atomic mass is 32.2. The molecule has 0 saturated heterocycles. The van der Waals surface area contributed by atoms with Crippen molar-refractivity contribution in [3.63, 3.8) is 0 Å². The van der Waals surface area contributed by atoms with Crippen molar-refractivity contribution in [3.8, 4) is 0 Å². The maximum atomic E-state index is 14.1. The highest BCUT2D eigenvalue weighted by molar-refractivity contribution is 7.96. The lowest BCUT2D eigenvalue weighted by atomic mass is 9.53. The average molecular weight is 645 g/mol. The molecule has 0 aromatic heterocycles. The van der Waals surface area contributed by atoms with Crippen molar-refractivity contribution in [2.45, 2.75) is 105 Å². The molecule has 4 bridgehead atoms. The Balaban J connectivity index is 0.000000226. The second-order valence-electron chi connectivity index (χ2n) is 10.8. The molecule has 0 heterocycles.